The predicted octanol–water partition coefficient (Wildman–Crippen LogP) is 4.73. The molecule has 2 N–H and O–H groups in total. The summed E-state index contributed by atoms with van der Waals surface area (Å²) in [5, 5.41) is 7.86. The number of methoxy groups -OCH3 is 1. The Balaban J connectivity index is 1.22. The van der Waals surface area contributed by atoms with Crippen molar-refractivity contribution in [3.8, 4) is 5.75 Å². The monoisotopic (exact) mass is 634 g/mol. The van der Waals surface area contributed by atoms with Crippen molar-refractivity contribution in [3.05, 3.63) is 72.6 Å². The van der Waals surface area contributed by atoms with Gasteiger partial charge >= 0.3 is 0 Å². The molecule has 0 unspecified atom stereocenters. The maximum Gasteiger partial charge on any atom is 0.247 e. The number of carbonyl (C=O) groups excluding carboxylic acids is 1. The van der Waals surface area contributed by atoms with Crippen LogP contribution in [0.5, 0.6) is 5.75 Å². The SMILES string of the molecule is C=CC(=O)Nc1cc(Nc2cc(N3OCC[C@@H]3c3ccc(F)c(F)c3)ncn2)c(OC)cc1N1CCC(N2CCN(C)CC2)CC1. The van der Waals surface area contributed by atoms with Crippen molar-refractivity contribution in [3.63, 3.8) is 0 Å². The zero-order valence-corrected chi connectivity index (χ0v) is 26.2. The number of carbonyl (C=O) groups is 1. The summed E-state index contributed by atoms with van der Waals surface area (Å²) in [6.45, 7) is 10.1. The smallest absolute Gasteiger partial charge is 0.247 e. The van der Waals surface area contributed by atoms with Crippen LogP contribution < -0.4 is 25.3 Å². The topological polar surface area (TPSA) is 98.3 Å². The van der Waals surface area contributed by atoms with E-state index in [2.05, 4.69) is 48.9 Å². The molecule has 3 aliphatic rings. The molecule has 3 aliphatic heterocycles. The fourth-order valence-electron chi connectivity index (χ4n) is 6.43. The number of piperidine rings is 1. The minimum Gasteiger partial charge on any atom is -0.494 e. The predicted molar refractivity (Wildman–Crippen MR) is 174 cm³/mol. The second-order valence-corrected chi connectivity index (χ2v) is 11.8. The quantitative estimate of drug-likeness (QED) is 0.322. The van der Waals surface area contributed by atoms with Crippen LogP contribution in [-0.2, 0) is 9.63 Å². The van der Waals surface area contributed by atoms with Gasteiger partial charge in [-0.3, -0.25) is 14.5 Å². The molecule has 6 rings (SSSR count). The molecule has 244 valence electrons. The van der Waals surface area contributed by atoms with E-state index in [9.17, 15) is 13.6 Å². The third-order valence-electron chi connectivity index (χ3n) is 8.99. The van der Waals surface area contributed by atoms with Gasteiger partial charge < -0.3 is 25.2 Å². The zero-order valence-electron chi connectivity index (χ0n) is 26.2. The van der Waals surface area contributed by atoms with Gasteiger partial charge in [0.05, 0.1) is 36.8 Å². The van der Waals surface area contributed by atoms with Gasteiger partial charge in [0, 0.05) is 63.9 Å². The summed E-state index contributed by atoms with van der Waals surface area (Å²) in [5.41, 5.74) is 2.67. The van der Waals surface area contributed by atoms with Crippen molar-refractivity contribution in [1.29, 1.82) is 0 Å². The lowest BCUT2D eigenvalue weighted by Gasteiger charge is -2.43. The van der Waals surface area contributed by atoms with Gasteiger partial charge in [-0.1, -0.05) is 12.6 Å². The Hall–Kier alpha value is -4.33. The number of hydrogen-bond acceptors (Lipinski definition) is 10. The molecule has 0 aliphatic carbocycles. The molecule has 3 saturated heterocycles. The Morgan fingerprint density at radius 3 is 2.50 bits per heavy atom. The van der Waals surface area contributed by atoms with Gasteiger partial charge in [0.1, 0.15) is 17.9 Å². The maximum atomic E-state index is 14.0. The first-order valence-corrected chi connectivity index (χ1v) is 15.6. The number of piperazine rings is 1. The second kappa shape index (κ2) is 14.0. The van der Waals surface area contributed by atoms with Crippen LogP contribution in [0, 0.1) is 11.6 Å². The van der Waals surface area contributed by atoms with Crippen molar-refractivity contribution in [2.45, 2.75) is 31.3 Å². The summed E-state index contributed by atoms with van der Waals surface area (Å²) >= 11 is 0. The van der Waals surface area contributed by atoms with Crippen molar-refractivity contribution >= 4 is 34.6 Å². The highest BCUT2D eigenvalue weighted by atomic mass is 19.2. The minimum atomic E-state index is -0.913. The summed E-state index contributed by atoms with van der Waals surface area (Å²) < 4.78 is 33.4. The highest BCUT2D eigenvalue weighted by Crippen LogP contribution is 2.40. The number of halogens is 2. The van der Waals surface area contributed by atoms with Crippen LogP contribution in [0.2, 0.25) is 0 Å². The molecule has 1 amide bonds. The molecule has 0 radical (unpaired) electrons. The lowest BCUT2D eigenvalue weighted by Crippen LogP contribution is -2.52. The van der Waals surface area contributed by atoms with Crippen molar-refractivity contribution in [2.24, 2.45) is 0 Å². The van der Waals surface area contributed by atoms with Crippen LogP contribution in [0.4, 0.5) is 37.5 Å². The van der Waals surface area contributed by atoms with Gasteiger partial charge in [0.25, 0.3) is 0 Å². The number of likely N-dealkylation sites (N-methyl/N-ethyl adjacent to an activating group) is 1. The van der Waals surface area contributed by atoms with Gasteiger partial charge in [0.15, 0.2) is 17.5 Å². The molecule has 13 heteroatoms. The van der Waals surface area contributed by atoms with E-state index in [0.29, 0.717) is 53.4 Å². The number of aromatic nitrogens is 2. The third kappa shape index (κ3) is 6.91. The standard InChI is InChI=1S/C33H40F2N8O3/c1-4-33(44)39-26-18-27(30(45-3)19-29(26)42-10-7-23(8-11-42)41-14-12-40(2)13-15-41)38-31-20-32(37-21-36-31)43-28(9-16-46-43)22-5-6-24(34)25(35)17-22/h4-6,17-21,23,28H,1,7-16H2,2-3H3,(H,39,44)(H,36,37,38)/t28-/m1/s1. The molecule has 0 bridgehead atoms. The molecule has 3 fully saturated rings. The summed E-state index contributed by atoms with van der Waals surface area (Å²) in [6.07, 6.45) is 5.29. The molecule has 2 aromatic carbocycles. The van der Waals surface area contributed by atoms with E-state index in [4.69, 9.17) is 9.57 Å². The molecular weight excluding hydrogens is 594 g/mol. The number of nitrogens with one attached hydrogen (secondary N) is 2. The summed E-state index contributed by atoms with van der Waals surface area (Å²) in [5.74, 6) is -0.660. The molecule has 3 aromatic rings. The number of benzene rings is 2. The number of hydroxylamine groups is 1. The van der Waals surface area contributed by atoms with Gasteiger partial charge in [-0.25, -0.2) is 23.8 Å². The van der Waals surface area contributed by atoms with Crippen LogP contribution in [0.1, 0.15) is 30.9 Å². The lowest BCUT2D eigenvalue weighted by atomic mass is 10.0. The minimum absolute atomic E-state index is 0.316. The first-order chi connectivity index (χ1) is 22.3. The van der Waals surface area contributed by atoms with Crippen LogP contribution >= 0.6 is 0 Å². The number of hydrogen-bond donors (Lipinski definition) is 2. The van der Waals surface area contributed by atoms with E-state index >= 15 is 0 Å². The maximum absolute atomic E-state index is 14.0. The van der Waals surface area contributed by atoms with Crippen LogP contribution in [0.15, 0.2) is 55.4 Å². The normalized spacial score (nSPS) is 19.7. The molecule has 46 heavy (non-hydrogen) atoms. The van der Waals surface area contributed by atoms with Crippen molar-refractivity contribution in [1.82, 2.24) is 19.8 Å². The zero-order chi connectivity index (χ0) is 32.2. The third-order valence-corrected chi connectivity index (χ3v) is 8.99. The van der Waals surface area contributed by atoms with Crippen LogP contribution in [0.25, 0.3) is 0 Å². The van der Waals surface area contributed by atoms with E-state index in [-0.39, 0.29) is 11.9 Å². The van der Waals surface area contributed by atoms with Gasteiger partial charge in [-0.2, -0.15) is 0 Å². The fraction of sp³-hybridized carbons (Fsp3) is 0.424. The number of nitrogens with zero attached hydrogens (tertiary/aromatic N) is 6. The Morgan fingerprint density at radius 2 is 1.78 bits per heavy atom. The molecular formula is C33H40F2N8O3. The fourth-order valence-corrected chi connectivity index (χ4v) is 6.43. The van der Waals surface area contributed by atoms with Crippen molar-refractivity contribution in [2.75, 3.05) is 80.6 Å². The van der Waals surface area contributed by atoms with E-state index in [1.54, 1.807) is 24.3 Å². The Morgan fingerprint density at radius 1 is 1.00 bits per heavy atom. The number of amides is 1. The average Bonchev–Trinajstić information content (AvgIpc) is 3.57. The molecule has 1 aromatic heterocycles. The molecule has 0 saturated carbocycles. The first kappa shape index (κ1) is 31.6. The first-order valence-electron chi connectivity index (χ1n) is 15.6. The molecule has 1 atom stereocenters. The number of rotatable bonds is 9. The summed E-state index contributed by atoms with van der Waals surface area (Å²) in [7, 11) is 3.77. The van der Waals surface area contributed by atoms with E-state index < -0.39 is 11.6 Å². The van der Waals surface area contributed by atoms with E-state index in [1.807, 2.05) is 12.1 Å². The Labute approximate surface area is 267 Å². The van der Waals surface area contributed by atoms with Crippen LogP contribution in [0.3, 0.4) is 0 Å². The summed E-state index contributed by atoms with van der Waals surface area (Å²) in [4.78, 5) is 34.4. The van der Waals surface area contributed by atoms with Gasteiger partial charge in [-0.05, 0) is 49.7 Å². The van der Waals surface area contributed by atoms with E-state index in [1.165, 1.54) is 18.5 Å². The van der Waals surface area contributed by atoms with E-state index in [0.717, 1.165) is 63.9 Å². The Bertz CT molecular complexity index is 1560. The highest BCUT2D eigenvalue weighted by molar-refractivity contribution is 6.02. The van der Waals surface area contributed by atoms with Crippen molar-refractivity contribution < 1.29 is 23.1 Å². The second-order valence-electron chi connectivity index (χ2n) is 11.8. The molecule has 4 heterocycles. The lowest BCUT2D eigenvalue weighted by molar-refractivity contribution is -0.111. The van der Waals surface area contributed by atoms with Gasteiger partial charge in [-0.15, -0.1) is 0 Å². The Kier molecular flexibility index (Phi) is 9.61. The van der Waals surface area contributed by atoms with Crippen LogP contribution in [-0.4, -0.2) is 91.7 Å². The number of anilines is 5. The largest absolute Gasteiger partial charge is 0.494 e. The number of ether oxygens (including phenoxy) is 1. The average molecular weight is 635 g/mol. The molecule has 11 nitrogen and oxygen atoms in total. The highest BCUT2D eigenvalue weighted by Gasteiger charge is 2.31. The molecule has 0 spiro atoms. The van der Waals surface area contributed by atoms with Gasteiger partial charge in [0.2, 0.25) is 5.91 Å². The summed E-state index contributed by atoms with van der Waals surface area (Å²) in [6, 6.07) is 9.51.